The maximum atomic E-state index is 13.2. The zero-order chi connectivity index (χ0) is 24.0. The first kappa shape index (κ1) is 23.8. The zero-order valence-corrected chi connectivity index (χ0v) is 22.8. The second-order valence-corrected chi connectivity index (χ2v) is 10.9. The molecule has 1 fully saturated rings. The molecule has 0 bridgehead atoms. The van der Waals surface area contributed by atoms with Crippen LogP contribution in [-0.2, 0) is 32.3 Å². The molecule has 1 aliphatic heterocycles. The summed E-state index contributed by atoms with van der Waals surface area (Å²) in [6.45, 7) is 0.989. The van der Waals surface area contributed by atoms with E-state index in [2.05, 4.69) is 56.4 Å². The first-order valence-electron chi connectivity index (χ1n) is 12.5. The molecule has 1 N–H and O–H groups in total. The van der Waals surface area contributed by atoms with Crippen molar-refractivity contribution >= 4 is 9.81 Å². The number of fused-ring (bicyclic) bond motifs is 2. The van der Waals surface area contributed by atoms with E-state index in [9.17, 15) is 4.79 Å². The third-order valence-electron chi connectivity index (χ3n) is 6.67. The number of carbonyl (C=O) groups is 1. The van der Waals surface area contributed by atoms with E-state index in [0.29, 0.717) is 5.92 Å². The van der Waals surface area contributed by atoms with Crippen LogP contribution in [0.5, 0.6) is 0 Å². The van der Waals surface area contributed by atoms with Crippen LogP contribution in [-0.4, -0.2) is 24.3 Å². The van der Waals surface area contributed by atoms with Crippen molar-refractivity contribution in [3.05, 3.63) is 96.0 Å². The SMILES string of the molecule is O=C1NC=CC=C[C](=[W])c2nccn2CCCCCCc2ccc(-c3ccc(C4CC4)nc3)cc21. The fraction of sp³-hybridized carbons (Fsp3) is 0.310. The van der Waals surface area contributed by atoms with Crippen LogP contribution in [0.4, 0.5) is 0 Å². The number of nitrogens with one attached hydrogen (secondary N) is 1. The van der Waals surface area contributed by atoms with Crippen molar-refractivity contribution in [3.63, 3.8) is 0 Å². The van der Waals surface area contributed by atoms with Crippen molar-refractivity contribution in [1.29, 1.82) is 0 Å². The summed E-state index contributed by atoms with van der Waals surface area (Å²) in [6.07, 6.45) is 21.4. The number of rotatable bonds is 2. The molecule has 3 aromatic rings. The van der Waals surface area contributed by atoms with Gasteiger partial charge in [0.1, 0.15) is 0 Å². The summed E-state index contributed by atoms with van der Waals surface area (Å²) >= 11 is 1.38. The number of nitrogens with zero attached hydrogens (tertiary/aromatic N) is 3. The molecule has 5 nitrogen and oxygen atoms in total. The monoisotopic (exact) mass is 634 g/mol. The average molecular weight is 634 g/mol. The van der Waals surface area contributed by atoms with Crippen LogP contribution in [0, 0.1) is 0 Å². The van der Waals surface area contributed by atoms with Crippen LogP contribution in [0.3, 0.4) is 0 Å². The zero-order valence-electron chi connectivity index (χ0n) is 19.8. The standard InChI is InChI=1S/C29H30N4O.W/c34-29-26-20-24(25-14-15-27(32-21-25)23-11-12-23)13-10-22(26)8-4-1-2-7-18-33-19-17-30-28(33)9-5-3-6-16-31-29;/h3,5-6,10,13-17,19-21,23H,1-2,4,7-8,11-12,18H2,(H,31,34);. The van der Waals surface area contributed by atoms with Gasteiger partial charge in [-0.05, 0) is 18.9 Å². The van der Waals surface area contributed by atoms with E-state index in [1.165, 1.54) is 48.2 Å². The molecule has 2 aromatic heterocycles. The second kappa shape index (κ2) is 11.2. The van der Waals surface area contributed by atoms with Crippen molar-refractivity contribution in [2.75, 3.05) is 0 Å². The Balaban J connectivity index is 1.36. The minimum atomic E-state index is -0.0692. The molecular formula is C29H30N4OW. The first-order chi connectivity index (χ1) is 17.2. The fourth-order valence-corrected chi connectivity index (χ4v) is 5.42. The first-order valence-corrected chi connectivity index (χ1v) is 13.9. The van der Waals surface area contributed by atoms with Gasteiger partial charge in [-0.15, -0.1) is 0 Å². The number of carbonyl (C=O) groups excluding carboxylic acids is 1. The van der Waals surface area contributed by atoms with Crippen molar-refractivity contribution in [2.24, 2.45) is 0 Å². The van der Waals surface area contributed by atoms with Crippen LogP contribution >= 0.6 is 0 Å². The van der Waals surface area contributed by atoms with Gasteiger partial charge in [-0.3, -0.25) is 4.98 Å². The Labute approximate surface area is 217 Å². The maximum absolute atomic E-state index is 13.2. The third-order valence-corrected chi connectivity index (χ3v) is 7.82. The number of amides is 1. The average Bonchev–Trinajstić information content (AvgIpc) is 3.63. The molecule has 0 atom stereocenters. The molecule has 0 saturated heterocycles. The van der Waals surface area contributed by atoms with E-state index in [1.807, 2.05) is 30.6 Å². The quantitative estimate of drug-likeness (QED) is 0.405. The van der Waals surface area contributed by atoms with Crippen LogP contribution in [0.1, 0.15) is 71.9 Å². The molecular weight excluding hydrogens is 604 g/mol. The van der Waals surface area contributed by atoms with Gasteiger partial charge in [-0.25, -0.2) is 0 Å². The third kappa shape index (κ3) is 6.02. The summed E-state index contributed by atoms with van der Waals surface area (Å²) in [5, 5.41) is 2.96. The van der Waals surface area contributed by atoms with E-state index in [1.54, 1.807) is 6.20 Å². The number of hydrogen-bond donors (Lipinski definition) is 1. The van der Waals surface area contributed by atoms with Gasteiger partial charge in [0, 0.05) is 11.6 Å². The molecule has 178 valence electrons. The molecule has 0 spiro atoms. The summed E-state index contributed by atoms with van der Waals surface area (Å²) in [4.78, 5) is 22.4. The Morgan fingerprint density at radius 3 is 2.66 bits per heavy atom. The van der Waals surface area contributed by atoms with Gasteiger partial charge in [-0.2, -0.15) is 0 Å². The van der Waals surface area contributed by atoms with Gasteiger partial charge in [0.05, 0.1) is 0 Å². The number of hydrogen-bond acceptors (Lipinski definition) is 3. The number of aromatic nitrogens is 3. The molecule has 1 amide bonds. The van der Waals surface area contributed by atoms with E-state index in [0.717, 1.165) is 60.3 Å². The van der Waals surface area contributed by atoms with Gasteiger partial charge in [-0.1, -0.05) is 0 Å². The summed E-state index contributed by atoms with van der Waals surface area (Å²) in [6, 6.07) is 10.5. The summed E-state index contributed by atoms with van der Waals surface area (Å²) < 4.78 is 3.44. The molecule has 2 aliphatic rings. The van der Waals surface area contributed by atoms with Gasteiger partial charge in [0.25, 0.3) is 0 Å². The van der Waals surface area contributed by atoms with Crippen molar-refractivity contribution in [3.8, 4) is 11.1 Å². The number of imidazole rings is 1. The van der Waals surface area contributed by atoms with Crippen LogP contribution in [0.15, 0.2) is 73.4 Å². The molecule has 35 heavy (non-hydrogen) atoms. The number of pyridine rings is 1. The van der Waals surface area contributed by atoms with Gasteiger partial charge in [0.2, 0.25) is 0 Å². The Kier molecular flexibility index (Phi) is 7.63. The Hall–Kier alpha value is -2.91. The summed E-state index contributed by atoms with van der Waals surface area (Å²) in [5.74, 6) is 1.61. The molecule has 1 aromatic carbocycles. The van der Waals surface area contributed by atoms with E-state index in [-0.39, 0.29) is 5.91 Å². The van der Waals surface area contributed by atoms with E-state index < -0.39 is 0 Å². The van der Waals surface area contributed by atoms with E-state index >= 15 is 0 Å². The Bertz CT molecular complexity index is 1270. The number of benzene rings is 1. The van der Waals surface area contributed by atoms with Crippen LogP contribution < -0.4 is 5.32 Å². The van der Waals surface area contributed by atoms with Gasteiger partial charge >= 0.3 is 183 Å². The summed E-state index contributed by atoms with van der Waals surface area (Å²) in [7, 11) is 0. The molecule has 0 radical (unpaired) electrons. The molecule has 5 rings (SSSR count). The van der Waals surface area contributed by atoms with Crippen LogP contribution in [0.25, 0.3) is 11.1 Å². The predicted octanol–water partition coefficient (Wildman–Crippen LogP) is 5.51. The minimum absolute atomic E-state index is 0.0692. The normalized spacial score (nSPS) is 17.4. The van der Waals surface area contributed by atoms with E-state index in [4.69, 9.17) is 0 Å². The van der Waals surface area contributed by atoms with Gasteiger partial charge < -0.3 is 0 Å². The van der Waals surface area contributed by atoms with Gasteiger partial charge in [0.15, 0.2) is 0 Å². The number of aryl methyl sites for hydroxylation is 2. The van der Waals surface area contributed by atoms with Crippen LogP contribution in [0.2, 0.25) is 0 Å². The molecule has 0 unspecified atom stereocenters. The molecule has 6 heteroatoms. The topological polar surface area (TPSA) is 59.8 Å². The molecule has 1 saturated carbocycles. The summed E-state index contributed by atoms with van der Waals surface area (Å²) in [5.41, 5.74) is 5.12. The fourth-order valence-electron chi connectivity index (χ4n) is 4.52. The van der Waals surface area contributed by atoms with Crippen molar-refractivity contribution < 1.29 is 24.1 Å². The Morgan fingerprint density at radius 2 is 1.83 bits per heavy atom. The molecule has 1 aliphatic carbocycles. The van der Waals surface area contributed by atoms with Crippen molar-refractivity contribution in [1.82, 2.24) is 19.9 Å². The molecule has 3 heterocycles. The second-order valence-electron chi connectivity index (χ2n) is 9.28. The van der Waals surface area contributed by atoms with Crippen molar-refractivity contribution in [2.45, 2.75) is 57.4 Å². The Morgan fingerprint density at radius 1 is 0.971 bits per heavy atom. The predicted molar refractivity (Wildman–Crippen MR) is 136 cm³/mol. The number of allylic oxidation sites excluding steroid dienone is 3.